The summed E-state index contributed by atoms with van der Waals surface area (Å²) in [6, 6.07) is 0. The molecule has 12 heavy (non-hydrogen) atoms. The Bertz CT molecular complexity index is 145. The SMILES string of the molecule is C/C(=C/CC=O)CCCC(C)C. The molecule has 0 aromatic carbocycles. The van der Waals surface area contributed by atoms with E-state index in [1.54, 1.807) is 0 Å². The molecule has 0 spiro atoms. The lowest BCUT2D eigenvalue weighted by atomic mass is 10.0. The van der Waals surface area contributed by atoms with Gasteiger partial charge < -0.3 is 4.79 Å². The fraction of sp³-hybridized carbons (Fsp3) is 0.727. The topological polar surface area (TPSA) is 17.1 Å². The molecule has 0 saturated carbocycles. The van der Waals surface area contributed by atoms with Crippen molar-refractivity contribution in [1.29, 1.82) is 0 Å². The van der Waals surface area contributed by atoms with E-state index in [2.05, 4.69) is 20.8 Å². The van der Waals surface area contributed by atoms with Crippen LogP contribution < -0.4 is 0 Å². The van der Waals surface area contributed by atoms with Crippen LogP contribution in [0, 0.1) is 5.92 Å². The summed E-state index contributed by atoms with van der Waals surface area (Å²) in [6.07, 6.45) is 7.23. The van der Waals surface area contributed by atoms with Crippen molar-refractivity contribution in [3.63, 3.8) is 0 Å². The summed E-state index contributed by atoms with van der Waals surface area (Å²) < 4.78 is 0. The number of carbonyl (C=O) groups is 1. The van der Waals surface area contributed by atoms with E-state index in [1.165, 1.54) is 18.4 Å². The van der Waals surface area contributed by atoms with Crippen LogP contribution in [-0.2, 0) is 4.79 Å². The quantitative estimate of drug-likeness (QED) is 0.439. The molecule has 0 aliphatic rings. The smallest absolute Gasteiger partial charge is 0.123 e. The zero-order valence-electron chi connectivity index (χ0n) is 8.47. The highest BCUT2D eigenvalue weighted by Gasteiger charge is 1.94. The highest BCUT2D eigenvalue weighted by atomic mass is 16.1. The molecular weight excluding hydrogens is 148 g/mol. The fourth-order valence-corrected chi connectivity index (χ4v) is 1.14. The predicted molar refractivity (Wildman–Crippen MR) is 53.1 cm³/mol. The lowest BCUT2D eigenvalue weighted by Gasteiger charge is -2.03. The van der Waals surface area contributed by atoms with Gasteiger partial charge in [-0.3, -0.25) is 0 Å². The van der Waals surface area contributed by atoms with Crippen LogP contribution in [0.15, 0.2) is 11.6 Å². The Hall–Kier alpha value is -0.590. The molecule has 0 fully saturated rings. The van der Waals surface area contributed by atoms with Gasteiger partial charge in [0.1, 0.15) is 6.29 Å². The zero-order chi connectivity index (χ0) is 9.40. The molecule has 70 valence electrons. The summed E-state index contributed by atoms with van der Waals surface area (Å²) in [5.41, 5.74) is 1.35. The van der Waals surface area contributed by atoms with E-state index >= 15 is 0 Å². The van der Waals surface area contributed by atoms with Gasteiger partial charge in [-0.05, 0) is 25.7 Å². The molecule has 0 saturated heterocycles. The molecule has 0 amide bonds. The molecule has 0 radical (unpaired) electrons. The molecule has 0 aliphatic heterocycles. The van der Waals surface area contributed by atoms with Crippen molar-refractivity contribution in [2.45, 2.75) is 46.5 Å². The average Bonchev–Trinajstić information content (AvgIpc) is 2.00. The number of rotatable bonds is 6. The van der Waals surface area contributed by atoms with Gasteiger partial charge in [-0.15, -0.1) is 0 Å². The van der Waals surface area contributed by atoms with E-state index in [4.69, 9.17) is 0 Å². The molecule has 0 aromatic heterocycles. The molecule has 0 N–H and O–H groups in total. The van der Waals surface area contributed by atoms with E-state index in [0.717, 1.165) is 18.6 Å². The van der Waals surface area contributed by atoms with Crippen molar-refractivity contribution in [2.24, 2.45) is 5.92 Å². The van der Waals surface area contributed by atoms with Crippen LogP contribution in [0.3, 0.4) is 0 Å². The highest BCUT2D eigenvalue weighted by Crippen LogP contribution is 2.11. The van der Waals surface area contributed by atoms with Crippen molar-refractivity contribution in [1.82, 2.24) is 0 Å². The number of allylic oxidation sites excluding steroid dienone is 2. The van der Waals surface area contributed by atoms with Crippen LogP contribution in [0.25, 0.3) is 0 Å². The first-order chi connectivity index (χ1) is 5.66. The number of aldehydes is 1. The van der Waals surface area contributed by atoms with Gasteiger partial charge in [-0.2, -0.15) is 0 Å². The zero-order valence-corrected chi connectivity index (χ0v) is 8.47. The van der Waals surface area contributed by atoms with Crippen LogP contribution in [0.5, 0.6) is 0 Å². The number of hydrogen-bond acceptors (Lipinski definition) is 1. The van der Waals surface area contributed by atoms with Gasteiger partial charge in [0.05, 0.1) is 0 Å². The highest BCUT2D eigenvalue weighted by molar-refractivity contribution is 5.52. The average molecular weight is 168 g/mol. The second-order valence-electron chi connectivity index (χ2n) is 3.74. The minimum Gasteiger partial charge on any atom is -0.303 e. The van der Waals surface area contributed by atoms with Crippen molar-refractivity contribution in [3.8, 4) is 0 Å². The molecule has 0 atom stereocenters. The Morgan fingerprint density at radius 1 is 1.42 bits per heavy atom. The largest absolute Gasteiger partial charge is 0.303 e. The maximum Gasteiger partial charge on any atom is 0.123 e. The van der Waals surface area contributed by atoms with Gasteiger partial charge in [-0.25, -0.2) is 0 Å². The Morgan fingerprint density at radius 3 is 2.58 bits per heavy atom. The van der Waals surface area contributed by atoms with Crippen molar-refractivity contribution in [2.75, 3.05) is 0 Å². The summed E-state index contributed by atoms with van der Waals surface area (Å²) >= 11 is 0. The first-order valence-electron chi connectivity index (χ1n) is 4.76. The van der Waals surface area contributed by atoms with Gasteiger partial charge in [0.2, 0.25) is 0 Å². The Labute approximate surface area is 75.9 Å². The third-order valence-corrected chi connectivity index (χ3v) is 1.92. The maximum atomic E-state index is 10.0. The normalized spacial score (nSPS) is 12.2. The number of hydrogen-bond donors (Lipinski definition) is 0. The van der Waals surface area contributed by atoms with Crippen LogP contribution in [0.1, 0.15) is 46.5 Å². The lowest BCUT2D eigenvalue weighted by Crippen LogP contribution is -1.87. The Kier molecular flexibility index (Phi) is 6.73. The van der Waals surface area contributed by atoms with Gasteiger partial charge in [0.15, 0.2) is 0 Å². The minimum absolute atomic E-state index is 0.577. The number of carbonyl (C=O) groups excluding carboxylic acids is 1. The summed E-state index contributed by atoms with van der Waals surface area (Å²) in [6.45, 7) is 6.58. The molecule has 0 heterocycles. The van der Waals surface area contributed by atoms with E-state index in [0.29, 0.717) is 6.42 Å². The molecule has 1 nitrogen and oxygen atoms in total. The molecular formula is C11H20O. The van der Waals surface area contributed by atoms with Gasteiger partial charge >= 0.3 is 0 Å². The third-order valence-electron chi connectivity index (χ3n) is 1.92. The molecule has 0 aliphatic carbocycles. The van der Waals surface area contributed by atoms with Crippen molar-refractivity contribution >= 4 is 6.29 Å². The maximum absolute atomic E-state index is 10.0. The standard InChI is InChI=1S/C11H20O/c1-10(2)6-4-7-11(3)8-5-9-12/h8-10H,4-7H2,1-3H3/b11-8-. The van der Waals surface area contributed by atoms with Gasteiger partial charge in [0, 0.05) is 6.42 Å². The van der Waals surface area contributed by atoms with Crippen molar-refractivity contribution in [3.05, 3.63) is 11.6 Å². The molecule has 0 bridgehead atoms. The van der Waals surface area contributed by atoms with Gasteiger partial charge in [0.25, 0.3) is 0 Å². The van der Waals surface area contributed by atoms with Crippen LogP contribution in [0.4, 0.5) is 0 Å². The van der Waals surface area contributed by atoms with Crippen LogP contribution in [0.2, 0.25) is 0 Å². The second-order valence-corrected chi connectivity index (χ2v) is 3.74. The molecule has 0 aromatic rings. The van der Waals surface area contributed by atoms with E-state index in [1.807, 2.05) is 6.08 Å². The summed E-state index contributed by atoms with van der Waals surface area (Å²) in [4.78, 5) is 10.0. The lowest BCUT2D eigenvalue weighted by molar-refractivity contribution is -0.107. The van der Waals surface area contributed by atoms with Crippen molar-refractivity contribution < 1.29 is 4.79 Å². The molecule has 0 unspecified atom stereocenters. The monoisotopic (exact) mass is 168 g/mol. The Balaban J connectivity index is 3.42. The molecule has 0 rings (SSSR count). The van der Waals surface area contributed by atoms with E-state index in [9.17, 15) is 4.79 Å². The van der Waals surface area contributed by atoms with Crippen LogP contribution >= 0.6 is 0 Å². The summed E-state index contributed by atoms with van der Waals surface area (Å²) in [7, 11) is 0. The third kappa shape index (κ3) is 7.52. The van der Waals surface area contributed by atoms with E-state index in [-0.39, 0.29) is 0 Å². The fourth-order valence-electron chi connectivity index (χ4n) is 1.14. The summed E-state index contributed by atoms with van der Waals surface area (Å²) in [5.74, 6) is 0.795. The van der Waals surface area contributed by atoms with E-state index < -0.39 is 0 Å². The first-order valence-corrected chi connectivity index (χ1v) is 4.76. The summed E-state index contributed by atoms with van der Waals surface area (Å²) in [5, 5.41) is 0. The first kappa shape index (κ1) is 11.4. The predicted octanol–water partition coefficient (Wildman–Crippen LogP) is 3.35. The Morgan fingerprint density at radius 2 is 2.08 bits per heavy atom. The minimum atomic E-state index is 0.577. The van der Waals surface area contributed by atoms with Crippen LogP contribution in [-0.4, -0.2) is 6.29 Å². The second kappa shape index (κ2) is 7.08. The molecule has 1 heteroatoms. The van der Waals surface area contributed by atoms with Gasteiger partial charge in [-0.1, -0.05) is 31.9 Å².